The zero-order chi connectivity index (χ0) is 11.5. The molecule has 0 aromatic heterocycles. The molecule has 4 heteroatoms. The third kappa shape index (κ3) is 2.91. The molecule has 15 heavy (non-hydrogen) atoms. The van der Waals surface area contributed by atoms with E-state index in [1.807, 2.05) is 18.7 Å². The Hall–Kier alpha value is -0.640. The predicted molar refractivity (Wildman–Crippen MR) is 56.6 cm³/mol. The Morgan fingerprint density at radius 2 is 2.07 bits per heavy atom. The average molecular weight is 217 g/mol. The Balaban J connectivity index is 2.52. The van der Waals surface area contributed by atoms with Crippen LogP contribution in [0.5, 0.6) is 0 Å². The van der Waals surface area contributed by atoms with Crippen molar-refractivity contribution in [3.8, 4) is 0 Å². The summed E-state index contributed by atoms with van der Waals surface area (Å²) in [5, 5.41) is 9.00. The second-order valence-electron chi connectivity index (χ2n) is 4.74. The van der Waals surface area contributed by atoms with Gasteiger partial charge in [-0.3, -0.25) is 14.1 Å². The van der Waals surface area contributed by atoms with Crippen LogP contribution in [0, 0.1) is 5.41 Å². The Labute approximate surface area is 90.3 Å². The molecule has 1 atom stereocenters. The van der Waals surface area contributed by atoms with Crippen molar-refractivity contribution in [2.24, 2.45) is 5.41 Å². The van der Waals surface area contributed by atoms with Gasteiger partial charge in [0.2, 0.25) is 0 Å². The Morgan fingerprint density at radius 3 is 2.40 bits per heavy atom. The highest BCUT2D eigenvalue weighted by Gasteiger charge is 2.34. The summed E-state index contributed by atoms with van der Waals surface area (Å²) in [6, 6.07) is -0.394. The Bertz CT molecular complexity index is 225. The summed E-state index contributed by atoms with van der Waals surface area (Å²) in [5.41, 5.74) is -0.229. The molecular formula is C11H20FNO2. The number of likely N-dealkylation sites (tertiary alicyclic amines) is 1. The van der Waals surface area contributed by atoms with Crippen LogP contribution in [0.25, 0.3) is 0 Å². The van der Waals surface area contributed by atoms with Crippen LogP contribution in [0.15, 0.2) is 0 Å². The molecule has 0 saturated carbocycles. The fraction of sp³-hybridized carbons (Fsp3) is 0.909. The van der Waals surface area contributed by atoms with E-state index in [0.29, 0.717) is 19.5 Å². The lowest BCUT2D eigenvalue weighted by atomic mass is 9.81. The summed E-state index contributed by atoms with van der Waals surface area (Å²) in [5.74, 6) is -0.763. The fourth-order valence-electron chi connectivity index (χ4n) is 2.10. The van der Waals surface area contributed by atoms with Gasteiger partial charge in [-0.15, -0.1) is 0 Å². The van der Waals surface area contributed by atoms with Gasteiger partial charge in [0.05, 0.1) is 6.67 Å². The van der Waals surface area contributed by atoms with E-state index < -0.39 is 12.0 Å². The quantitative estimate of drug-likeness (QED) is 0.782. The van der Waals surface area contributed by atoms with Crippen LogP contribution in [0.2, 0.25) is 0 Å². The highest BCUT2D eigenvalue weighted by Crippen LogP contribution is 2.32. The van der Waals surface area contributed by atoms with Gasteiger partial charge >= 0.3 is 5.97 Å². The molecule has 1 aliphatic heterocycles. The van der Waals surface area contributed by atoms with Crippen molar-refractivity contribution >= 4 is 5.97 Å². The first kappa shape index (κ1) is 12.4. The molecule has 0 radical (unpaired) electrons. The largest absolute Gasteiger partial charge is 0.480 e. The summed E-state index contributed by atoms with van der Waals surface area (Å²) in [6.45, 7) is 4.91. The van der Waals surface area contributed by atoms with E-state index in [1.54, 1.807) is 0 Å². The lowest BCUT2D eigenvalue weighted by Gasteiger charge is -2.39. The van der Waals surface area contributed by atoms with Crippen molar-refractivity contribution in [1.82, 2.24) is 4.90 Å². The molecule has 0 aromatic carbocycles. The van der Waals surface area contributed by atoms with Crippen molar-refractivity contribution in [3.63, 3.8) is 0 Å². The normalized spacial score (nSPS) is 23.7. The van der Waals surface area contributed by atoms with Crippen molar-refractivity contribution in [2.45, 2.75) is 39.2 Å². The summed E-state index contributed by atoms with van der Waals surface area (Å²) in [6.07, 6.45) is 2.13. The number of carboxylic acids is 1. The van der Waals surface area contributed by atoms with Crippen molar-refractivity contribution in [1.29, 1.82) is 0 Å². The molecule has 1 N–H and O–H groups in total. The van der Waals surface area contributed by atoms with E-state index in [-0.39, 0.29) is 12.1 Å². The number of carbonyl (C=O) groups is 1. The van der Waals surface area contributed by atoms with Gasteiger partial charge < -0.3 is 5.11 Å². The van der Waals surface area contributed by atoms with Crippen LogP contribution in [0.4, 0.5) is 4.39 Å². The van der Waals surface area contributed by atoms with Crippen molar-refractivity contribution in [2.75, 3.05) is 19.8 Å². The molecule has 1 unspecified atom stereocenters. The molecule has 88 valence electrons. The highest BCUT2D eigenvalue weighted by molar-refractivity contribution is 5.73. The molecule has 1 saturated heterocycles. The molecule has 0 amide bonds. The molecule has 3 nitrogen and oxygen atoms in total. The van der Waals surface area contributed by atoms with Gasteiger partial charge in [-0.2, -0.15) is 0 Å². The maximum Gasteiger partial charge on any atom is 0.320 e. The number of piperidine rings is 1. The smallest absolute Gasteiger partial charge is 0.320 e. The first-order valence-electron chi connectivity index (χ1n) is 5.55. The standard InChI is InChI=1S/C11H20FNO2/c1-3-9(10(14)15)13-6-4-11(2,8-12)5-7-13/h9H,3-8H2,1-2H3,(H,14,15). The number of carboxylic acid groups (broad SMARTS) is 1. The maximum absolute atomic E-state index is 12.7. The number of halogens is 1. The van der Waals surface area contributed by atoms with Gasteiger partial charge in [-0.1, -0.05) is 13.8 Å². The lowest BCUT2D eigenvalue weighted by molar-refractivity contribution is -0.144. The molecule has 1 rings (SSSR count). The van der Waals surface area contributed by atoms with Gasteiger partial charge in [0, 0.05) is 0 Å². The van der Waals surface area contributed by atoms with Gasteiger partial charge in [-0.05, 0) is 37.8 Å². The van der Waals surface area contributed by atoms with Crippen LogP contribution in [-0.4, -0.2) is 41.8 Å². The van der Waals surface area contributed by atoms with Gasteiger partial charge in [0.15, 0.2) is 0 Å². The molecule has 0 aromatic rings. The van der Waals surface area contributed by atoms with E-state index in [9.17, 15) is 9.18 Å². The summed E-state index contributed by atoms with van der Waals surface area (Å²) < 4.78 is 12.7. The predicted octanol–water partition coefficient (Wildman–Crippen LogP) is 1.92. The van der Waals surface area contributed by atoms with Crippen molar-refractivity contribution < 1.29 is 14.3 Å². The van der Waals surface area contributed by atoms with Gasteiger partial charge in [-0.25, -0.2) is 0 Å². The van der Waals surface area contributed by atoms with Crippen LogP contribution >= 0.6 is 0 Å². The van der Waals surface area contributed by atoms with Crippen molar-refractivity contribution in [3.05, 3.63) is 0 Å². The van der Waals surface area contributed by atoms with Gasteiger partial charge in [0.1, 0.15) is 6.04 Å². The number of aliphatic carboxylic acids is 1. The highest BCUT2D eigenvalue weighted by atomic mass is 19.1. The second-order valence-corrected chi connectivity index (χ2v) is 4.74. The number of hydrogen-bond donors (Lipinski definition) is 1. The van der Waals surface area contributed by atoms with Crippen LogP contribution in [0.3, 0.4) is 0 Å². The maximum atomic E-state index is 12.7. The van der Waals surface area contributed by atoms with Crippen LogP contribution < -0.4 is 0 Å². The molecule has 0 bridgehead atoms. The van der Waals surface area contributed by atoms with E-state index in [4.69, 9.17) is 5.11 Å². The third-order valence-corrected chi connectivity index (χ3v) is 3.44. The molecular weight excluding hydrogens is 197 g/mol. The van der Waals surface area contributed by atoms with E-state index >= 15 is 0 Å². The molecule has 1 aliphatic rings. The minimum Gasteiger partial charge on any atom is -0.480 e. The van der Waals surface area contributed by atoms with Crippen LogP contribution in [0.1, 0.15) is 33.1 Å². The monoisotopic (exact) mass is 217 g/mol. The Kier molecular flexibility index (Phi) is 4.08. The SMILES string of the molecule is CCC(C(=O)O)N1CCC(C)(CF)CC1. The fourth-order valence-corrected chi connectivity index (χ4v) is 2.10. The summed E-state index contributed by atoms with van der Waals surface area (Å²) >= 11 is 0. The van der Waals surface area contributed by atoms with Gasteiger partial charge in [0.25, 0.3) is 0 Å². The number of nitrogens with zero attached hydrogens (tertiary/aromatic N) is 1. The number of alkyl halides is 1. The topological polar surface area (TPSA) is 40.5 Å². The first-order valence-corrected chi connectivity index (χ1v) is 5.55. The summed E-state index contributed by atoms with van der Waals surface area (Å²) in [4.78, 5) is 12.9. The Morgan fingerprint density at radius 1 is 1.53 bits per heavy atom. The zero-order valence-electron chi connectivity index (χ0n) is 9.50. The molecule has 0 spiro atoms. The second kappa shape index (κ2) is 4.92. The number of rotatable bonds is 4. The van der Waals surface area contributed by atoms with Crippen LogP contribution in [-0.2, 0) is 4.79 Å². The lowest BCUT2D eigenvalue weighted by Crippen LogP contribution is -2.48. The summed E-state index contributed by atoms with van der Waals surface area (Å²) in [7, 11) is 0. The van der Waals surface area contributed by atoms with E-state index in [1.165, 1.54) is 0 Å². The zero-order valence-corrected chi connectivity index (χ0v) is 9.50. The average Bonchev–Trinajstić information content (AvgIpc) is 2.22. The molecule has 0 aliphatic carbocycles. The molecule has 1 fully saturated rings. The van der Waals surface area contributed by atoms with E-state index in [0.717, 1.165) is 12.8 Å². The minimum absolute atomic E-state index is 0.229. The molecule has 1 heterocycles. The minimum atomic E-state index is -0.763. The number of hydrogen-bond acceptors (Lipinski definition) is 2. The van der Waals surface area contributed by atoms with E-state index in [2.05, 4.69) is 0 Å². The third-order valence-electron chi connectivity index (χ3n) is 3.44. The first-order chi connectivity index (χ1) is 7.02.